The standard InChI is InChI=1S/C6H7NO2S2.Na/c7-5-1-3-6(4-2-5)11(8,9)10;/h1-4H,7H2,(H,8,9,10);/q;+1/p-1. The van der Waals surface area contributed by atoms with Gasteiger partial charge in [0.05, 0.1) is 8.87 Å². The van der Waals surface area contributed by atoms with Gasteiger partial charge in [-0.2, -0.15) is 0 Å². The van der Waals surface area contributed by atoms with Gasteiger partial charge in [-0.05, 0) is 24.3 Å². The van der Waals surface area contributed by atoms with Gasteiger partial charge in [0.25, 0.3) is 0 Å². The van der Waals surface area contributed by atoms with Gasteiger partial charge in [-0.1, -0.05) is 0 Å². The molecule has 1 aromatic carbocycles. The van der Waals surface area contributed by atoms with Gasteiger partial charge in [0, 0.05) is 10.6 Å². The van der Waals surface area contributed by atoms with Crippen LogP contribution in [-0.4, -0.2) is 8.42 Å². The number of benzene rings is 1. The zero-order valence-electron chi connectivity index (χ0n) is 6.52. The van der Waals surface area contributed by atoms with Crippen molar-refractivity contribution >= 4 is 26.2 Å². The fourth-order valence-electron chi connectivity index (χ4n) is 0.634. The molecule has 0 aliphatic heterocycles. The topological polar surface area (TPSA) is 60.2 Å². The summed E-state index contributed by atoms with van der Waals surface area (Å²) in [5.74, 6) is 0. The Morgan fingerprint density at radius 1 is 1.17 bits per heavy atom. The molecular formula is C6H6NNaO2S2. The summed E-state index contributed by atoms with van der Waals surface area (Å²) in [5, 5.41) is 0. The molecule has 0 atom stereocenters. The van der Waals surface area contributed by atoms with Crippen LogP contribution < -0.4 is 35.3 Å². The Bertz CT molecular complexity index is 346. The molecule has 12 heavy (non-hydrogen) atoms. The first-order valence-electron chi connectivity index (χ1n) is 2.81. The number of rotatable bonds is 1. The number of hydrogen-bond acceptors (Lipinski definition) is 4. The van der Waals surface area contributed by atoms with Crippen molar-refractivity contribution in [3.63, 3.8) is 0 Å². The van der Waals surface area contributed by atoms with Crippen LogP contribution in [0.15, 0.2) is 29.2 Å². The van der Waals surface area contributed by atoms with Gasteiger partial charge in [0.15, 0.2) is 0 Å². The number of nitrogen functional groups attached to an aromatic ring is 1. The number of hydrogen-bond donors (Lipinski definition) is 1. The second kappa shape index (κ2) is 4.53. The van der Waals surface area contributed by atoms with E-state index < -0.39 is 8.87 Å². The fraction of sp³-hybridized carbons (Fsp3) is 0. The van der Waals surface area contributed by atoms with Crippen LogP contribution in [0.4, 0.5) is 5.69 Å². The molecule has 1 rings (SSSR count). The van der Waals surface area contributed by atoms with E-state index in [1.165, 1.54) is 24.3 Å². The van der Waals surface area contributed by atoms with Crippen molar-refractivity contribution in [1.29, 1.82) is 0 Å². The monoisotopic (exact) mass is 211 g/mol. The molecule has 0 unspecified atom stereocenters. The van der Waals surface area contributed by atoms with Crippen LogP contribution in [0.5, 0.6) is 0 Å². The van der Waals surface area contributed by atoms with Crippen molar-refractivity contribution in [2.45, 2.75) is 4.90 Å². The van der Waals surface area contributed by atoms with E-state index in [0.29, 0.717) is 5.69 Å². The minimum atomic E-state index is -3.49. The average Bonchev–Trinajstić information content (AvgIpc) is 1.86. The Labute approximate surface area is 98.4 Å². The van der Waals surface area contributed by atoms with E-state index in [-0.39, 0.29) is 34.5 Å². The van der Waals surface area contributed by atoms with Gasteiger partial charge < -0.3 is 17.4 Å². The summed E-state index contributed by atoms with van der Waals surface area (Å²) in [6.45, 7) is 0. The van der Waals surface area contributed by atoms with Crippen LogP contribution in [-0.2, 0) is 20.5 Å². The van der Waals surface area contributed by atoms with E-state index in [0.717, 1.165) is 0 Å². The maximum Gasteiger partial charge on any atom is 1.00 e. The molecule has 0 saturated carbocycles. The second-order valence-electron chi connectivity index (χ2n) is 2.02. The normalized spacial score (nSPS) is 10.4. The van der Waals surface area contributed by atoms with Gasteiger partial charge >= 0.3 is 29.6 Å². The summed E-state index contributed by atoms with van der Waals surface area (Å²) in [4.78, 5) is 0.113. The van der Waals surface area contributed by atoms with Crippen molar-refractivity contribution in [2.24, 2.45) is 0 Å². The van der Waals surface area contributed by atoms with E-state index in [4.69, 9.17) is 5.73 Å². The third kappa shape index (κ3) is 3.37. The Hall–Kier alpha value is 0.320. The SMILES string of the molecule is Nc1ccc(S(=O)(=O)[S-])cc1.[Na+]. The molecule has 0 amide bonds. The fourth-order valence-corrected chi connectivity index (χ4v) is 1.44. The summed E-state index contributed by atoms with van der Waals surface area (Å²) in [5.41, 5.74) is 5.86. The van der Waals surface area contributed by atoms with Crippen molar-refractivity contribution in [3.8, 4) is 0 Å². The molecule has 0 aliphatic carbocycles. The van der Waals surface area contributed by atoms with E-state index in [1.807, 2.05) is 0 Å². The molecule has 6 heteroatoms. The molecule has 0 saturated heterocycles. The summed E-state index contributed by atoms with van der Waals surface area (Å²) >= 11 is 4.23. The molecule has 60 valence electrons. The third-order valence-corrected chi connectivity index (χ3v) is 2.60. The van der Waals surface area contributed by atoms with Crippen molar-refractivity contribution in [3.05, 3.63) is 24.3 Å². The van der Waals surface area contributed by atoms with Crippen molar-refractivity contribution in [1.82, 2.24) is 0 Å². The van der Waals surface area contributed by atoms with Crippen LogP contribution in [0.3, 0.4) is 0 Å². The first kappa shape index (κ1) is 12.3. The van der Waals surface area contributed by atoms with Crippen LogP contribution in [0.2, 0.25) is 0 Å². The van der Waals surface area contributed by atoms with Crippen LogP contribution in [0.1, 0.15) is 0 Å². The molecule has 0 aliphatic rings. The Kier molecular flexibility index (Phi) is 4.65. The molecule has 0 fully saturated rings. The van der Waals surface area contributed by atoms with Crippen LogP contribution in [0.25, 0.3) is 0 Å². The minimum Gasteiger partial charge on any atom is -0.644 e. The van der Waals surface area contributed by atoms with E-state index in [2.05, 4.69) is 11.7 Å². The molecular weight excluding hydrogens is 205 g/mol. The van der Waals surface area contributed by atoms with E-state index in [9.17, 15) is 8.42 Å². The zero-order valence-corrected chi connectivity index (χ0v) is 10.2. The molecule has 0 bridgehead atoms. The molecule has 1 aromatic rings. The Balaban J connectivity index is 0.00000121. The van der Waals surface area contributed by atoms with Gasteiger partial charge in [-0.15, -0.1) is 0 Å². The van der Waals surface area contributed by atoms with Gasteiger partial charge in [-0.25, -0.2) is 8.42 Å². The molecule has 0 spiro atoms. The van der Waals surface area contributed by atoms with Crippen molar-refractivity contribution < 1.29 is 38.0 Å². The minimum absolute atomic E-state index is 0. The van der Waals surface area contributed by atoms with Gasteiger partial charge in [-0.3, -0.25) is 0 Å². The molecule has 0 aromatic heterocycles. The first-order valence-corrected chi connectivity index (χ1v) is 5.22. The predicted octanol–water partition coefficient (Wildman–Crippen LogP) is -2.49. The average molecular weight is 211 g/mol. The van der Waals surface area contributed by atoms with Gasteiger partial charge in [0.1, 0.15) is 0 Å². The van der Waals surface area contributed by atoms with Crippen LogP contribution in [0, 0.1) is 0 Å². The molecule has 3 nitrogen and oxygen atoms in total. The molecule has 0 heterocycles. The molecule has 0 radical (unpaired) electrons. The first-order chi connectivity index (χ1) is 5.00. The largest absolute Gasteiger partial charge is 1.00 e. The smallest absolute Gasteiger partial charge is 0.644 e. The maximum atomic E-state index is 10.7. The number of anilines is 1. The zero-order chi connectivity index (χ0) is 8.48. The quantitative estimate of drug-likeness (QED) is 0.242. The summed E-state index contributed by atoms with van der Waals surface area (Å²) < 4.78 is 21.4. The van der Waals surface area contributed by atoms with E-state index in [1.54, 1.807) is 0 Å². The molecule has 2 N–H and O–H groups in total. The maximum absolute atomic E-state index is 10.7. The second-order valence-corrected chi connectivity index (χ2v) is 4.72. The number of nitrogens with two attached hydrogens (primary N) is 1. The van der Waals surface area contributed by atoms with Crippen molar-refractivity contribution in [2.75, 3.05) is 5.73 Å². The van der Waals surface area contributed by atoms with E-state index >= 15 is 0 Å². The third-order valence-electron chi connectivity index (χ3n) is 1.17. The Morgan fingerprint density at radius 2 is 1.58 bits per heavy atom. The predicted molar refractivity (Wildman–Crippen MR) is 45.4 cm³/mol. The van der Waals surface area contributed by atoms with Crippen LogP contribution >= 0.6 is 0 Å². The summed E-state index contributed by atoms with van der Waals surface area (Å²) in [6, 6.07) is 5.77. The Morgan fingerprint density at radius 3 is 1.92 bits per heavy atom. The summed E-state index contributed by atoms with van der Waals surface area (Å²) in [6.07, 6.45) is 0. The summed E-state index contributed by atoms with van der Waals surface area (Å²) in [7, 11) is -3.49. The van der Waals surface area contributed by atoms with Gasteiger partial charge in [0.2, 0.25) is 0 Å².